The zero-order chi connectivity index (χ0) is 16.8. The molecule has 23 heavy (non-hydrogen) atoms. The fourth-order valence-corrected chi connectivity index (χ4v) is 2.29. The molecule has 1 amide bonds. The third-order valence-corrected chi connectivity index (χ3v) is 3.46. The smallest absolute Gasteiger partial charge is 0.224 e. The summed E-state index contributed by atoms with van der Waals surface area (Å²) in [7, 11) is 0. The van der Waals surface area contributed by atoms with Gasteiger partial charge in [-0.2, -0.15) is 0 Å². The number of hydrogen-bond donors (Lipinski definition) is 1. The van der Waals surface area contributed by atoms with E-state index in [1.807, 2.05) is 0 Å². The van der Waals surface area contributed by atoms with Crippen molar-refractivity contribution in [2.75, 3.05) is 11.9 Å². The molecule has 2 aromatic carbocycles. The maximum atomic E-state index is 13.4. The monoisotopic (exact) mass is 359 g/mol. The number of carbonyl (C=O) groups excluding carboxylic acids is 1. The highest BCUT2D eigenvalue weighted by Crippen LogP contribution is 2.27. The van der Waals surface area contributed by atoms with Crippen LogP contribution in [0.25, 0.3) is 0 Å². The fourth-order valence-electron chi connectivity index (χ4n) is 1.83. The van der Waals surface area contributed by atoms with Gasteiger partial charge in [-0.1, -0.05) is 29.3 Å². The third-order valence-electron chi connectivity index (χ3n) is 2.93. The number of nitrogens with one attached hydrogen (secondary N) is 1. The van der Waals surface area contributed by atoms with E-state index in [2.05, 4.69) is 5.32 Å². The quantitative estimate of drug-likeness (QED) is 0.731. The molecule has 0 saturated carbocycles. The van der Waals surface area contributed by atoms with Crippen LogP contribution < -0.4 is 10.1 Å². The lowest BCUT2D eigenvalue weighted by Crippen LogP contribution is -2.15. The van der Waals surface area contributed by atoms with E-state index in [1.54, 1.807) is 18.2 Å². The second-order valence-corrected chi connectivity index (χ2v) is 5.52. The molecule has 0 radical (unpaired) electrons. The predicted octanol–water partition coefficient (Wildman–Crippen LogP) is 5.07. The predicted molar refractivity (Wildman–Crippen MR) is 86.2 cm³/mol. The number of carbonyl (C=O) groups is 1. The summed E-state index contributed by atoms with van der Waals surface area (Å²) in [6, 6.07) is 8.18. The van der Waals surface area contributed by atoms with Crippen molar-refractivity contribution in [2.45, 2.75) is 12.8 Å². The van der Waals surface area contributed by atoms with Crippen molar-refractivity contribution < 1.29 is 18.3 Å². The molecule has 2 aromatic rings. The van der Waals surface area contributed by atoms with Crippen molar-refractivity contribution in [1.82, 2.24) is 0 Å². The minimum Gasteiger partial charge on any atom is -0.492 e. The van der Waals surface area contributed by atoms with E-state index in [-0.39, 0.29) is 13.0 Å². The lowest BCUT2D eigenvalue weighted by molar-refractivity contribution is -0.116. The van der Waals surface area contributed by atoms with Gasteiger partial charge in [-0.3, -0.25) is 4.79 Å². The highest BCUT2D eigenvalue weighted by Gasteiger charge is 2.11. The van der Waals surface area contributed by atoms with Crippen LogP contribution in [0.4, 0.5) is 14.5 Å². The molecule has 2 rings (SSSR count). The standard InChI is InChI=1S/C16H13Cl2F2NO2/c17-10-6-7-14(11(18)9-10)23-8-2-5-15(22)21-16-12(19)3-1-4-13(16)20/h1,3-4,6-7,9H,2,5,8H2,(H,21,22). The van der Waals surface area contributed by atoms with Gasteiger partial charge in [0.15, 0.2) is 0 Å². The van der Waals surface area contributed by atoms with E-state index in [0.29, 0.717) is 22.2 Å². The zero-order valence-electron chi connectivity index (χ0n) is 11.9. The molecule has 0 aliphatic rings. The average Bonchev–Trinajstić information content (AvgIpc) is 2.49. The number of hydrogen-bond acceptors (Lipinski definition) is 2. The van der Waals surface area contributed by atoms with Gasteiger partial charge < -0.3 is 10.1 Å². The van der Waals surface area contributed by atoms with E-state index in [0.717, 1.165) is 12.1 Å². The lowest BCUT2D eigenvalue weighted by atomic mass is 10.2. The van der Waals surface area contributed by atoms with Crippen LogP contribution in [0.1, 0.15) is 12.8 Å². The summed E-state index contributed by atoms with van der Waals surface area (Å²) in [6.45, 7) is 0.231. The van der Waals surface area contributed by atoms with Gasteiger partial charge >= 0.3 is 0 Å². The number of rotatable bonds is 6. The Hall–Kier alpha value is -1.85. The van der Waals surface area contributed by atoms with Crippen molar-refractivity contribution in [3.8, 4) is 5.75 Å². The molecule has 0 atom stereocenters. The molecule has 0 unspecified atom stereocenters. The van der Waals surface area contributed by atoms with Crippen LogP contribution in [0, 0.1) is 11.6 Å². The third kappa shape index (κ3) is 5.08. The van der Waals surface area contributed by atoms with Gasteiger partial charge in [-0.15, -0.1) is 0 Å². The van der Waals surface area contributed by atoms with Crippen molar-refractivity contribution >= 4 is 34.8 Å². The maximum absolute atomic E-state index is 13.4. The number of para-hydroxylation sites is 1. The van der Waals surface area contributed by atoms with E-state index < -0.39 is 23.2 Å². The van der Waals surface area contributed by atoms with Crippen molar-refractivity contribution in [3.05, 3.63) is 58.1 Å². The molecule has 0 heterocycles. The molecule has 1 N–H and O–H groups in total. The first-order valence-electron chi connectivity index (χ1n) is 6.79. The van der Waals surface area contributed by atoms with E-state index >= 15 is 0 Å². The van der Waals surface area contributed by atoms with Gasteiger partial charge in [-0.05, 0) is 36.8 Å². The summed E-state index contributed by atoms with van der Waals surface area (Å²) in [5.74, 6) is -1.68. The van der Waals surface area contributed by atoms with Crippen LogP contribution in [-0.2, 0) is 4.79 Å². The van der Waals surface area contributed by atoms with Crippen molar-refractivity contribution in [1.29, 1.82) is 0 Å². The Morgan fingerprint density at radius 3 is 2.48 bits per heavy atom. The van der Waals surface area contributed by atoms with Crippen LogP contribution in [0.5, 0.6) is 5.75 Å². The number of anilines is 1. The first-order chi connectivity index (χ1) is 11.0. The molecular weight excluding hydrogens is 347 g/mol. The van der Waals surface area contributed by atoms with Crippen LogP contribution in [-0.4, -0.2) is 12.5 Å². The van der Waals surface area contributed by atoms with Crippen LogP contribution in [0.3, 0.4) is 0 Å². The summed E-state index contributed by atoms with van der Waals surface area (Å²) < 4.78 is 32.2. The topological polar surface area (TPSA) is 38.3 Å². The minimum atomic E-state index is -0.817. The molecule has 122 valence electrons. The molecule has 0 aromatic heterocycles. The average molecular weight is 360 g/mol. The maximum Gasteiger partial charge on any atom is 0.224 e. The van der Waals surface area contributed by atoms with Crippen LogP contribution >= 0.6 is 23.2 Å². The molecule has 3 nitrogen and oxygen atoms in total. The van der Waals surface area contributed by atoms with E-state index in [4.69, 9.17) is 27.9 Å². The minimum absolute atomic E-state index is 0.0545. The second-order valence-electron chi connectivity index (χ2n) is 4.67. The number of benzene rings is 2. The Labute approximate surface area is 142 Å². The Balaban J connectivity index is 1.79. The lowest BCUT2D eigenvalue weighted by Gasteiger charge is -2.09. The zero-order valence-corrected chi connectivity index (χ0v) is 13.4. The number of ether oxygens (including phenoxy) is 1. The van der Waals surface area contributed by atoms with Gasteiger partial charge in [0.1, 0.15) is 23.1 Å². The Morgan fingerprint density at radius 2 is 1.83 bits per heavy atom. The summed E-state index contributed by atoms with van der Waals surface area (Å²) in [5, 5.41) is 3.07. The molecule has 0 bridgehead atoms. The van der Waals surface area contributed by atoms with Crippen molar-refractivity contribution in [3.63, 3.8) is 0 Å². The Morgan fingerprint density at radius 1 is 1.13 bits per heavy atom. The molecule has 7 heteroatoms. The largest absolute Gasteiger partial charge is 0.492 e. The van der Waals surface area contributed by atoms with Gasteiger partial charge in [0.2, 0.25) is 5.91 Å². The first kappa shape index (κ1) is 17.5. The van der Waals surface area contributed by atoms with Gasteiger partial charge in [0, 0.05) is 11.4 Å². The number of amides is 1. The van der Waals surface area contributed by atoms with Gasteiger partial charge in [0.05, 0.1) is 11.6 Å². The Bertz CT molecular complexity index is 690. The van der Waals surface area contributed by atoms with E-state index in [1.165, 1.54) is 6.07 Å². The summed E-state index contributed by atoms with van der Waals surface area (Å²) >= 11 is 11.7. The SMILES string of the molecule is O=C(CCCOc1ccc(Cl)cc1Cl)Nc1c(F)cccc1F. The van der Waals surface area contributed by atoms with E-state index in [9.17, 15) is 13.6 Å². The summed E-state index contributed by atoms with van der Waals surface area (Å²) in [5.41, 5.74) is -0.445. The second kappa shape index (κ2) is 8.13. The number of halogens is 4. The van der Waals surface area contributed by atoms with Gasteiger partial charge in [-0.25, -0.2) is 8.78 Å². The van der Waals surface area contributed by atoms with Crippen LogP contribution in [0.15, 0.2) is 36.4 Å². The molecule has 0 aliphatic heterocycles. The molecular formula is C16H13Cl2F2NO2. The van der Waals surface area contributed by atoms with Crippen molar-refractivity contribution in [2.24, 2.45) is 0 Å². The highest BCUT2D eigenvalue weighted by molar-refractivity contribution is 6.35. The summed E-state index contributed by atoms with van der Waals surface area (Å²) in [4.78, 5) is 11.7. The summed E-state index contributed by atoms with van der Waals surface area (Å²) in [6.07, 6.45) is 0.417. The Kier molecular flexibility index (Phi) is 6.19. The first-order valence-corrected chi connectivity index (χ1v) is 7.54. The normalized spacial score (nSPS) is 10.4. The van der Waals surface area contributed by atoms with Gasteiger partial charge in [0.25, 0.3) is 0 Å². The highest BCUT2D eigenvalue weighted by atomic mass is 35.5. The molecule has 0 fully saturated rings. The van der Waals surface area contributed by atoms with Crippen LogP contribution in [0.2, 0.25) is 10.0 Å². The molecule has 0 saturated heterocycles. The molecule has 0 aliphatic carbocycles. The molecule has 0 spiro atoms. The fraction of sp³-hybridized carbons (Fsp3) is 0.188.